The molecule has 0 fully saturated rings. The van der Waals surface area contributed by atoms with Crippen molar-refractivity contribution < 1.29 is 9.59 Å². The number of carbonyl (C=O) groups excluding carboxylic acids is 2. The molecule has 2 heterocycles. The van der Waals surface area contributed by atoms with Crippen LogP contribution in [0.2, 0.25) is 15.2 Å². The van der Waals surface area contributed by atoms with Crippen LogP contribution < -0.4 is 10.6 Å². The summed E-state index contributed by atoms with van der Waals surface area (Å²) in [5, 5.41) is 12.4. The zero-order valence-electron chi connectivity index (χ0n) is 12.9. The second-order valence-electron chi connectivity index (χ2n) is 5.06. The van der Waals surface area contributed by atoms with E-state index in [2.05, 4.69) is 25.8 Å². The molecule has 1 aromatic carbocycles. The number of carbonyl (C=O) groups is 2. The molecule has 3 rings (SSSR count). The van der Waals surface area contributed by atoms with E-state index in [1.54, 1.807) is 12.1 Å². The highest BCUT2D eigenvalue weighted by Crippen LogP contribution is 2.23. The Kier molecular flexibility index (Phi) is 5.41. The fraction of sp³-hybridized carbons (Fsp3) is 0. The molecular formula is C16H10Cl3N5O2. The molecule has 3 aromatic rings. The first-order chi connectivity index (χ1) is 12.4. The van der Waals surface area contributed by atoms with E-state index in [4.69, 9.17) is 34.8 Å². The summed E-state index contributed by atoms with van der Waals surface area (Å²) in [6.45, 7) is 0. The fourth-order valence-corrected chi connectivity index (χ4v) is 2.67. The highest BCUT2D eigenvalue weighted by atomic mass is 35.5. The van der Waals surface area contributed by atoms with E-state index in [1.165, 1.54) is 30.6 Å². The van der Waals surface area contributed by atoms with Gasteiger partial charge < -0.3 is 10.6 Å². The Hall–Kier alpha value is -2.61. The Morgan fingerprint density at radius 1 is 0.962 bits per heavy atom. The van der Waals surface area contributed by atoms with Crippen LogP contribution >= 0.6 is 34.8 Å². The molecule has 2 amide bonds. The van der Waals surface area contributed by atoms with E-state index in [9.17, 15) is 9.59 Å². The van der Waals surface area contributed by atoms with Crippen LogP contribution in [-0.2, 0) is 0 Å². The molecule has 0 aliphatic heterocycles. The van der Waals surface area contributed by atoms with E-state index in [0.29, 0.717) is 15.9 Å². The molecule has 26 heavy (non-hydrogen) atoms. The first kappa shape index (κ1) is 18.2. The first-order valence-corrected chi connectivity index (χ1v) is 8.30. The molecule has 0 radical (unpaired) electrons. The molecule has 2 aromatic heterocycles. The van der Waals surface area contributed by atoms with Crippen molar-refractivity contribution in [2.24, 2.45) is 0 Å². The first-order valence-electron chi connectivity index (χ1n) is 7.16. The van der Waals surface area contributed by atoms with E-state index < -0.39 is 11.8 Å². The van der Waals surface area contributed by atoms with Crippen molar-refractivity contribution in [2.45, 2.75) is 0 Å². The summed E-state index contributed by atoms with van der Waals surface area (Å²) in [6, 6.07) is 7.61. The van der Waals surface area contributed by atoms with E-state index in [-0.39, 0.29) is 22.0 Å². The van der Waals surface area contributed by atoms with Gasteiger partial charge in [0.25, 0.3) is 11.8 Å². The Morgan fingerprint density at radius 2 is 1.77 bits per heavy atom. The zero-order valence-corrected chi connectivity index (χ0v) is 15.2. The summed E-state index contributed by atoms with van der Waals surface area (Å²) in [4.78, 5) is 28.6. The maximum atomic E-state index is 12.4. The average molecular weight is 411 g/mol. The Labute approximate surface area is 162 Å². The molecule has 0 aliphatic rings. The van der Waals surface area contributed by atoms with Gasteiger partial charge in [0, 0.05) is 5.02 Å². The number of halogens is 3. The SMILES string of the molecule is O=C(Nc1cn[nH]c1C(=O)Nc1ccc(Cl)nc1)c1ccc(Cl)cc1Cl. The molecule has 10 heteroatoms. The molecule has 132 valence electrons. The lowest BCUT2D eigenvalue weighted by Gasteiger charge is -2.08. The van der Waals surface area contributed by atoms with Gasteiger partial charge in [-0.2, -0.15) is 5.10 Å². The lowest BCUT2D eigenvalue weighted by atomic mass is 10.2. The molecule has 7 nitrogen and oxygen atoms in total. The van der Waals surface area contributed by atoms with E-state index in [1.807, 2.05) is 0 Å². The fourth-order valence-electron chi connectivity index (χ4n) is 2.06. The molecule has 0 bridgehead atoms. The van der Waals surface area contributed by atoms with Gasteiger partial charge in [-0.15, -0.1) is 0 Å². The predicted molar refractivity (Wildman–Crippen MR) is 100 cm³/mol. The largest absolute Gasteiger partial charge is 0.319 e. The van der Waals surface area contributed by atoms with Gasteiger partial charge in [0.05, 0.1) is 34.4 Å². The number of anilines is 2. The average Bonchev–Trinajstić information content (AvgIpc) is 3.05. The van der Waals surface area contributed by atoms with Crippen molar-refractivity contribution in [3.63, 3.8) is 0 Å². The summed E-state index contributed by atoms with van der Waals surface area (Å²) < 4.78 is 0. The molecule has 0 spiro atoms. The second kappa shape index (κ2) is 7.74. The van der Waals surface area contributed by atoms with Crippen molar-refractivity contribution in [3.05, 3.63) is 69.2 Å². The number of rotatable bonds is 4. The number of H-pyrrole nitrogens is 1. The minimum Gasteiger partial charge on any atom is -0.319 e. The quantitative estimate of drug-likeness (QED) is 0.559. The number of nitrogens with zero attached hydrogens (tertiary/aromatic N) is 2. The van der Waals surface area contributed by atoms with Crippen LogP contribution in [0.1, 0.15) is 20.8 Å². The van der Waals surface area contributed by atoms with Crippen LogP contribution in [0.3, 0.4) is 0 Å². The van der Waals surface area contributed by atoms with Crippen molar-refractivity contribution in [2.75, 3.05) is 10.6 Å². The van der Waals surface area contributed by atoms with Gasteiger partial charge in [-0.25, -0.2) is 4.98 Å². The third kappa shape index (κ3) is 4.13. The molecule has 0 unspecified atom stereocenters. The monoisotopic (exact) mass is 409 g/mol. The number of pyridine rings is 1. The predicted octanol–water partition coefficient (Wildman–Crippen LogP) is 4.27. The summed E-state index contributed by atoms with van der Waals surface area (Å²) >= 11 is 17.5. The van der Waals surface area contributed by atoms with Crippen LogP contribution in [0.5, 0.6) is 0 Å². The smallest absolute Gasteiger partial charge is 0.275 e. The number of hydrogen-bond donors (Lipinski definition) is 3. The molecule has 3 N–H and O–H groups in total. The number of aromatic amines is 1. The van der Waals surface area contributed by atoms with Crippen LogP contribution in [0.25, 0.3) is 0 Å². The third-order valence-corrected chi connectivity index (χ3v) is 4.05. The Bertz CT molecular complexity index is 972. The molecule has 0 saturated heterocycles. The summed E-state index contributed by atoms with van der Waals surface area (Å²) in [7, 11) is 0. The second-order valence-corrected chi connectivity index (χ2v) is 6.29. The number of amides is 2. The van der Waals surface area contributed by atoms with Crippen LogP contribution in [0.4, 0.5) is 11.4 Å². The van der Waals surface area contributed by atoms with Crippen molar-refractivity contribution in [1.29, 1.82) is 0 Å². The van der Waals surface area contributed by atoms with Crippen LogP contribution in [0, 0.1) is 0 Å². The van der Waals surface area contributed by atoms with Gasteiger partial charge in [-0.05, 0) is 30.3 Å². The summed E-state index contributed by atoms with van der Waals surface area (Å²) in [6.07, 6.45) is 2.72. The molecule has 0 saturated carbocycles. The maximum Gasteiger partial charge on any atom is 0.275 e. The Balaban J connectivity index is 1.76. The summed E-state index contributed by atoms with van der Waals surface area (Å²) in [5.41, 5.74) is 0.913. The van der Waals surface area contributed by atoms with Gasteiger partial charge >= 0.3 is 0 Å². The van der Waals surface area contributed by atoms with Crippen LogP contribution in [0.15, 0.2) is 42.7 Å². The number of aromatic nitrogens is 3. The van der Waals surface area contributed by atoms with Gasteiger partial charge in [0.2, 0.25) is 0 Å². The lowest BCUT2D eigenvalue weighted by molar-refractivity contribution is 0.102. The molecule has 0 atom stereocenters. The molecular weight excluding hydrogens is 401 g/mol. The minimum atomic E-state index is -0.510. The third-order valence-electron chi connectivity index (χ3n) is 3.28. The number of benzene rings is 1. The van der Waals surface area contributed by atoms with Crippen molar-refractivity contribution in [1.82, 2.24) is 15.2 Å². The lowest BCUT2D eigenvalue weighted by Crippen LogP contribution is -2.18. The van der Waals surface area contributed by atoms with Gasteiger partial charge in [-0.3, -0.25) is 14.7 Å². The maximum absolute atomic E-state index is 12.4. The minimum absolute atomic E-state index is 0.0679. The van der Waals surface area contributed by atoms with E-state index >= 15 is 0 Å². The highest BCUT2D eigenvalue weighted by Gasteiger charge is 2.18. The highest BCUT2D eigenvalue weighted by molar-refractivity contribution is 6.37. The standard InChI is InChI=1S/C16H10Cl3N5O2/c17-8-1-3-10(11(18)5-8)15(25)23-12-7-21-24-14(12)16(26)22-9-2-4-13(19)20-6-9/h1-7H,(H,21,24)(H,22,26)(H,23,25). The number of nitrogens with one attached hydrogen (secondary N) is 3. The topological polar surface area (TPSA) is 99.8 Å². The Morgan fingerprint density at radius 3 is 2.46 bits per heavy atom. The van der Waals surface area contributed by atoms with Crippen LogP contribution in [-0.4, -0.2) is 27.0 Å². The number of hydrogen-bond acceptors (Lipinski definition) is 4. The van der Waals surface area contributed by atoms with E-state index in [0.717, 1.165) is 0 Å². The zero-order chi connectivity index (χ0) is 18.7. The van der Waals surface area contributed by atoms with Gasteiger partial charge in [-0.1, -0.05) is 34.8 Å². The molecule has 0 aliphatic carbocycles. The van der Waals surface area contributed by atoms with Gasteiger partial charge in [0.1, 0.15) is 10.8 Å². The van der Waals surface area contributed by atoms with Crippen molar-refractivity contribution in [3.8, 4) is 0 Å². The van der Waals surface area contributed by atoms with Crippen molar-refractivity contribution >= 4 is 58.0 Å². The van der Waals surface area contributed by atoms with Gasteiger partial charge in [0.15, 0.2) is 0 Å². The normalized spacial score (nSPS) is 10.4. The summed E-state index contributed by atoms with van der Waals surface area (Å²) in [5.74, 6) is -1.01.